The average molecular weight is 260 g/mol. The van der Waals surface area contributed by atoms with E-state index in [0.717, 1.165) is 36.7 Å². The first-order valence-corrected chi connectivity index (χ1v) is 6.55. The van der Waals surface area contributed by atoms with Crippen molar-refractivity contribution in [1.29, 1.82) is 5.26 Å². The van der Waals surface area contributed by atoms with E-state index in [1.165, 1.54) is 0 Å². The Hall–Kier alpha value is -1.64. The molecule has 1 aliphatic heterocycles. The number of hydrogen-bond donors (Lipinski definition) is 1. The van der Waals surface area contributed by atoms with Gasteiger partial charge in [0.25, 0.3) is 0 Å². The number of likely N-dealkylation sites (N-methyl/N-ethyl adjacent to an activating group) is 1. The summed E-state index contributed by atoms with van der Waals surface area (Å²) < 4.78 is 5.69. The highest BCUT2D eigenvalue weighted by molar-refractivity contribution is 5.58. The molecule has 0 aliphatic carbocycles. The quantitative estimate of drug-likeness (QED) is 0.878. The molecule has 2 heterocycles. The highest BCUT2D eigenvalue weighted by Gasteiger charge is 2.23. The molecule has 0 amide bonds. The average Bonchev–Trinajstić information content (AvgIpc) is 2.38. The summed E-state index contributed by atoms with van der Waals surface area (Å²) in [5.74, 6) is 0.796. The van der Waals surface area contributed by atoms with Crippen LogP contribution in [-0.4, -0.2) is 44.4 Å². The van der Waals surface area contributed by atoms with Gasteiger partial charge >= 0.3 is 0 Å². The lowest BCUT2D eigenvalue weighted by Gasteiger charge is -2.34. The molecule has 0 saturated carbocycles. The minimum absolute atomic E-state index is 0.146. The molecule has 1 unspecified atom stereocenters. The van der Waals surface area contributed by atoms with E-state index >= 15 is 0 Å². The maximum Gasteiger partial charge on any atom is 0.147 e. The van der Waals surface area contributed by atoms with E-state index in [2.05, 4.69) is 21.3 Å². The second-order valence-electron chi connectivity index (χ2n) is 4.89. The van der Waals surface area contributed by atoms with Gasteiger partial charge in [-0.05, 0) is 32.5 Å². The van der Waals surface area contributed by atoms with Gasteiger partial charge in [-0.15, -0.1) is 0 Å². The van der Waals surface area contributed by atoms with Crippen LogP contribution in [0.2, 0.25) is 0 Å². The number of nitriles is 1. The fraction of sp³-hybridized carbons (Fsp3) is 0.571. The molecule has 0 spiro atoms. The van der Waals surface area contributed by atoms with Crippen LogP contribution in [0.3, 0.4) is 0 Å². The third-order valence-electron chi connectivity index (χ3n) is 3.31. The van der Waals surface area contributed by atoms with Crippen molar-refractivity contribution in [3.63, 3.8) is 0 Å². The predicted molar refractivity (Wildman–Crippen MR) is 74.3 cm³/mol. The summed E-state index contributed by atoms with van der Waals surface area (Å²) in [4.78, 5) is 6.71. The number of aryl methyl sites for hydroxylation is 2. The number of ether oxygens (including phenoxy) is 1. The van der Waals surface area contributed by atoms with Gasteiger partial charge in [-0.3, -0.25) is 0 Å². The summed E-state index contributed by atoms with van der Waals surface area (Å²) in [6, 6.07) is 4.23. The first kappa shape index (κ1) is 13.8. The van der Waals surface area contributed by atoms with Gasteiger partial charge in [-0.25, -0.2) is 4.98 Å². The molecule has 1 fully saturated rings. The van der Waals surface area contributed by atoms with Crippen LogP contribution in [0.4, 0.5) is 5.82 Å². The highest BCUT2D eigenvalue weighted by atomic mass is 16.5. The van der Waals surface area contributed by atoms with Gasteiger partial charge in [0.2, 0.25) is 0 Å². The van der Waals surface area contributed by atoms with E-state index in [4.69, 9.17) is 4.74 Å². The van der Waals surface area contributed by atoms with E-state index in [-0.39, 0.29) is 6.10 Å². The van der Waals surface area contributed by atoms with Crippen LogP contribution >= 0.6 is 0 Å². The van der Waals surface area contributed by atoms with Gasteiger partial charge in [-0.1, -0.05) is 0 Å². The summed E-state index contributed by atoms with van der Waals surface area (Å²) in [7, 11) is 1.91. The monoisotopic (exact) mass is 260 g/mol. The molecule has 102 valence electrons. The largest absolute Gasteiger partial charge is 0.373 e. The summed E-state index contributed by atoms with van der Waals surface area (Å²) >= 11 is 0. The molecule has 2 rings (SSSR count). The molecule has 1 aromatic heterocycles. The van der Waals surface area contributed by atoms with Crippen LogP contribution < -0.4 is 10.2 Å². The lowest BCUT2D eigenvalue weighted by atomic mass is 10.1. The van der Waals surface area contributed by atoms with Gasteiger partial charge in [0.05, 0.1) is 18.3 Å². The summed E-state index contributed by atoms with van der Waals surface area (Å²) in [6.07, 6.45) is 0.146. The van der Waals surface area contributed by atoms with Crippen molar-refractivity contribution in [3.8, 4) is 6.07 Å². The molecule has 0 aromatic carbocycles. The number of aromatic nitrogens is 1. The van der Waals surface area contributed by atoms with Crippen LogP contribution in [0.1, 0.15) is 16.8 Å². The molecule has 1 atom stereocenters. The Labute approximate surface area is 114 Å². The Morgan fingerprint density at radius 2 is 2.37 bits per heavy atom. The topological polar surface area (TPSA) is 61.2 Å². The normalized spacial score (nSPS) is 19.3. The van der Waals surface area contributed by atoms with Gasteiger partial charge in [0.15, 0.2) is 0 Å². The molecule has 1 aliphatic rings. The van der Waals surface area contributed by atoms with Gasteiger partial charge < -0.3 is 15.0 Å². The van der Waals surface area contributed by atoms with Crippen LogP contribution in [0.5, 0.6) is 0 Å². The highest BCUT2D eigenvalue weighted by Crippen LogP contribution is 2.23. The van der Waals surface area contributed by atoms with Crippen LogP contribution in [0, 0.1) is 25.2 Å². The Balaban J connectivity index is 2.28. The summed E-state index contributed by atoms with van der Waals surface area (Å²) in [5, 5.41) is 12.5. The first-order chi connectivity index (χ1) is 9.15. The van der Waals surface area contributed by atoms with E-state index in [0.29, 0.717) is 12.2 Å². The lowest BCUT2D eigenvalue weighted by molar-refractivity contribution is 0.0419. The number of pyridine rings is 1. The van der Waals surface area contributed by atoms with Crippen molar-refractivity contribution in [3.05, 3.63) is 22.9 Å². The lowest BCUT2D eigenvalue weighted by Crippen LogP contribution is -2.46. The van der Waals surface area contributed by atoms with Crippen molar-refractivity contribution >= 4 is 5.82 Å². The number of rotatable bonds is 3. The molecule has 5 heteroatoms. The molecular weight excluding hydrogens is 240 g/mol. The number of hydrogen-bond acceptors (Lipinski definition) is 5. The zero-order valence-electron chi connectivity index (χ0n) is 11.7. The fourth-order valence-corrected chi connectivity index (χ4v) is 2.45. The molecule has 0 radical (unpaired) electrons. The maximum atomic E-state index is 9.33. The SMILES string of the molecule is CNCC1CN(c2nc(C)cc(C)c2C#N)CCO1. The Kier molecular flexibility index (Phi) is 4.35. The van der Waals surface area contributed by atoms with Crippen LogP contribution in [0.25, 0.3) is 0 Å². The number of anilines is 1. The van der Waals surface area contributed by atoms with E-state index in [9.17, 15) is 5.26 Å². The van der Waals surface area contributed by atoms with Crippen molar-refractivity contribution in [1.82, 2.24) is 10.3 Å². The van der Waals surface area contributed by atoms with Crippen molar-refractivity contribution in [2.45, 2.75) is 20.0 Å². The van der Waals surface area contributed by atoms with Crippen molar-refractivity contribution in [2.75, 3.05) is 38.2 Å². The van der Waals surface area contributed by atoms with Gasteiger partial charge in [-0.2, -0.15) is 5.26 Å². The summed E-state index contributed by atoms with van der Waals surface area (Å²) in [6.45, 7) is 6.96. The van der Waals surface area contributed by atoms with Crippen molar-refractivity contribution < 1.29 is 4.74 Å². The molecule has 0 bridgehead atoms. The second kappa shape index (κ2) is 6.00. The van der Waals surface area contributed by atoms with Gasteiger partial charge in [0, 0.05) is 25.3 Å². The molecule has 1 saturated heterocycles. The standard InChI is InChI=1S/C14H20N4O/c1-10-6-11(2)17-14(13(10)7-15)18-4-5-19-12(9-18)8-16-3/h6,12,16H,4-5,8-9H2,1-3H3. The predicted octanol–water partition coefficient (Wildman–Crippen LogP) is 0.995. The Morgan fingerprint density at radius 3 is 3.05 bits per heavy atom. The number of nitrogens with one attached hydrogen (secondary N) is 1. The summed E-state index contributed by atoms with van der Waals surface area (Å²) in [5.41, 5.74) is 2.61. The second-order valence-corrected chi connectivity index (χ2v) is 4.89. The zero-order chi connectivity index (χ0) is 13.8. The minimum Gasteiger partial charge on any atom is -0.373 e. The minimum atomic E-state index is 0.146. The molecule has 19 heavy (non-hydrogen) atoms. The number of nitrogens with zero attached hydrogens (tertiary/aromatic N) is 3. The Bertz CT molecular complexity index is 493. The third kappa shape index (κ3) is 3.03. The van der Waals surface area contributed by atoms with E-state index in [1.54, 1.807) is 0 Å². The first-order valence-electron chi connectivity index (χ1n) is 6.55. The molecule has 1 N–H and O–H groups in total. The van der Waals surface area contributed by atoms with Crippen LogP contribution in [0.15, 0.2) is 6.07 Å². The number of morpholine rings is 1. The van der Waals surface area contributed by atoms with Gasteiger partial charge in [0.1, 0.15) is 11.9 Å². The molecule has 5 nitrogen and oxygen atoms in total. The van der Waals surface area contributed by atoms with E-state index in [1.807, 2.05) is 27.0 Å². The maximum absolute atomic E-state index is 9.33. The smallest absolute Gasteiger partial charge is 0.147 e. The van der Waals surface area contributed by atoms with Crippen molar-refractivity contribution in [2.24, 2.45) is 0 Å². The zero-order valence-corrected chi connectivity index (χ0v) is 11.7. The van der Waals surface area contributed by atoms with Crippen LogP contribution in [-0.2, 0) is 4.74 Å². The van der Waals surface area contributed by atoms with E-state index < -0.39 is 0 Å². The molecule has 1 aromatic rings. The molecular formula is C14H20N4O. The fourth-order valence-electron chi connectivity index (χ4n) is 2.45. The third-order valence-corrected chi connectivity index (χ3v) is 3.31. The Morgan fingerprint density at radius 1 is 1.58 bits per heavy atom.